The molecule has 0 saturated heterocycles. The summed E-state index contributed by atoms with van der Waals surface area (Å²) in [6.45, 7) is 0.386. The summed E-state index contributed by atoms with van der Waals surface area (Å²) in [4.78, 5) is 12.4. The van der Waals surface area contributed by atoms with Crippen molar-refractivity contribution in [1.82, 2.24) is 5.32 Å². The first-order valence-corrected chi connectivity index (χ1v) is 10.5. The molecule has 0 heterocycles. The quantitative estimate of drug-likeness (QED) is 0.709. The third kappa shape index (κ3) is 5.08. The molecule has 1 amide bonds. The third-order valence-electron chi connectivity index (χ3n) is 4.18. The maximum absolute atomic E-state index is 12.4. The van der Waals surface area contributed by atoms with Gasteiger partial charge in [-0.3, -0.25) is 4.79 Å². The van der Waals surface area contributed by atoms with Crippen LogP contribution in [0.3, 0.4) is 0 Å². The average Bonchev–Trinajstić information content (AvgIpc) is 2.64. The summed E-state index contributed by atoms with van der Waals surface area (Å²) in [6.07, 6.45) is 1.18. The van der Waals surface area contributed by atoms with Gasteiger partial charge in [0.05, 0.1) is 12.9 Å². The second-order valence-corrected chi connectivity index (χ2v) is 8.64. The van der Waals surface area contributed by atoms with Crippen molar-refractivity contribution in [3.63, 3.8) is 0 Å². The predicted molar refractivity (Wildman–Crippen MR) is 107 cm³/mol. The molecule has 0 bridgehead atoms. The van der Waals surface area contributed by atoms with E-state index in [0.29, 0.717) is 17.7 Å². The monoisotopic (exact) mass is 383 g/mol. The molecule has 27 heavy (non-hydrogen) atoms. The van der Waals surface area contributed by atoms with Crippen LogP contribution in [0, 0.1) is 0 Å². The zero-order valence-corrected chi connectivity index (χ0v) is 16.0. The van der Waals surface area contributed by atoms with E-state index in [4.69, 9.17) is 4.74 Å². The molecule has 0 aromatic heterocycles. The van der Waals surface area contributed by atoms with E-state index in [1.54, 1.807) is 31.4 Å². The molecular formula is C21H21NO4S. The largest absolute Gasteiger partial charge is 0.497 e. The topological polar surface area (TPSA) is 72.5 Å². The molecule has 0 aliphatic rings. The van der Waals surface area contributed by atoms with Crippen molar-refractivity contribution in [2.45, 2.75) is 12.3 Å². The first-order valence-electron chi connectivity index (χ1n) is 8.45. The Kier molecular flexibility index (Phi) is 5.46. The number of rotatable bonds is 6. The SMILES string of the molecule is COc1ccc2cc(CNC(=O)c3cccc(CS(C)(=O)=O)c3)ccc2c1. The predicted octanol–water partition coefficient (Wildman–Crippen LogP) is 3.32. The van der Waals surface area contributed by atoms with Crippen LogP contribution in [0.1, 0.15) is 21.5 Å². The van der Waals surface area contributed by atoms with Crippen LogP contribution < -0.4 is 10.1 Å². The summed E-state index contributed by atoms with van der Waals surface area (Å²) in [5, 5.41) is 5.01. The Balaban J connectivity index is 1.70. The molecule has 0 atom stereocenters. The number of fused-ring (bicyclic) bond motifs is 1. The van der Waals surface area contributed by atoms with Crippen molar-refractivity contribution in [2.75, 3.05) is 13.4 Å². The number of ether oxygens (including phenoxy) is 1. The first-order chi connectivity index (χ1) is 12.8. The molecule has 3 aromatic rings. The summed E-state index contributed by atoms with van der Waals surface area (Å²) < 4.78 is 28.1. The molecule has 6 heteroatoms. The van der Waals surface area contributed by atoms with Crippen LogP contribution in [0.2, 0.25) is 0 Å². The molecule has 0 radical (unpaired) electrons. The number of methoxy groups -OCH3 is 1. The highest BCUT2D eigenvalue weighted by atomic mass is 32.2. The van der Waals surface area contributed by atoms with Gasteiger partial charge in [-0.05, 0) is 52.2 Å². The second kappa shape index (κ2) is 7.80. The lowest BCUT2D eigenvalue weighted by Gasteiger charge is -2.09. The van der Waals surface area contributed by atoms with Crippen LogP contribution in [0.5, 0.6) is 5.75 Å². The van der Waals surface area contributed by atoms with Crippen LogP contribution in [0.25, 0.3) is 10.8 Å². The number of sulfone groups is 1. The van der Waals surface area contributed by atoms with E-state index >= 15 is 0 Å². The first kappa shape index (κ1) is 18.9. The van der Waals surface area contributed by atoms with Gasteiger partial charge in [0.25, 0.3) is 5.91 Å². The summed E-state index contributed by atoms with van der Waals surface area (Å²) in [7, 11) is -1.51. The number of nitrogens with one attached hydrogen (secondary N) is 1. The van der Waals surface area contributed by atoms with Crippen LogP contribution in [0.4, 0.5) is 0 Å². The van der Waals surface area contributed by atoms with Crippen LogP contribution in [-0.4, -0.2) is 27.7 Å². The molecule has 140 valence electrons. The lowest BCUT2D eigenvalue weighted by Crippen LogP contribution is -2.22. The molecule has 0 aliphatic heterocycles. The highest BCUT2D eigenvalue weighted by Crippen LogP contribution is 2.22. The fourth-order valence-corrected chi connectivity index (χ4v) is 3.68. The summed E-state index contributed by atoms with van der Waals surface area (Å²) in [6, 6.07) is 18.5. The summed E-state index contributed by atoms with van der Waals surface area (Å²) >= 11 is 0. The molecular weight excluding hydrogens is 362 g/mol. The molecule has 0 spiro atoms. The Hall–Kier alpha value is -2.86. The molecule has 1 N–H and O–H groups in total. The van der Waals surface area contributed by atoms with E-state index in [0.717, 1.165) is 22.1 Å². The minimum atomic E-state index is -3.14. The van der Waals surface area contributed by atoms with Crippen molar-refractivity contribution >= 4 is 26.5 Å². The van der Waals surface area contributed by atoms with E-state index in [9.17, 15) is 13.2 Å². The Morgan fingerprint density at radius 3 is 2.44 bits per heavy atom. The molecule has 3 rings (SSSR count). The van der Waals surface area contributed by atoms with Gasteiger partial charge in [0.15, 0.2) is 9.84 Å². The Bertz CT molecular complexity index is 1090. The Labute approximate surface area is 158 Å². The van der Waals surface area contributed by atoms with Crippen molar-refractivity contribution in [2.24, 2.45) is 0 Å². The highest BCUT2D eigenvalue weighted by molar-refractivity contribution is 7.89. The van der Waals surface area contributed by atoms with Gasteiger partial charge in [-0.2, -0.15) is 0 Å². The molecule has 0 unspecified atom stereocenters. The van der Waals surface area contributed by atoms with Gasteiger partial charge in [-0.1, -0.05) is 30.3 Å². The van der Waals surface area contributed by atoms with Crippen molar-refractivity contribution in [3.05, 3.63) is 77.4 Å². The van der Waals surface area contributed by atoms with Gasteiger partial charge in [0.1, 0.15) is 5.75 Å². The van der Waals surface area contributed by atoms with E-state index in [-0.39, 0.29) is 11.7 Å². The molecule has 3 aromatic carbocycles. The van der Waals surface area contributed by atoms with Gasteiger partial charge in [0, 0.05) is 18.4 Å². The zero-order chi connectivity index (χ0) is 19.4. The van der Waals surface area contributed by atoms with E-state index in [1.165, 1.54) is 6.26 Å². The maximum atomic E-state index is 12.4. The highest BCUT2D eigenvalue weighted by Gasteiger charge is 2.09. The third-order valence-corrected chi connectivity index (χ3v) is 5.04. The Morgan fingerprint density at radius 2 is 1.70 bits per heavy atom. The van der Waals surface area contributed by atoms with Gasteiger partial charge in [-0.25, -0.2) is 8.42 Å². The van der Waals surface area contributed by atoms with Gasteiger partial charge >= 0.3 is 0 Å². The van der Waals surface area contributed by atoms with Crippen LogP contribution in [0.15, 0.2) is 60.7 Å². The van der Waals surface area contributed by atoms with Crippen molar-refractivity contribution in [1.29, 1.82) is 0 Å². The van der Waals surface area contributed by atoms with Crippen molar-refractivity contribution in [3.8, 4) is 5.75 Å². The summed E-state index contributed by atoms with van der Waals surface area (Å²) in [5.41, 5.74) is 2.03. The number of carbonyl (C=O) groups is 1. The fraction of sp³-hybridized carbons (Fsp3) is 0.190. The summed E-state index contributed by atoms with van der Waals surface area (Å²) in [5.74, 6) is 0.486. The lowest BCUT2D eigenvalue weighted by molar-refractivity contribution is 0.0951. The van der Waals surface area contributed by atoms with E-state index in [2.05, 4.69) is 5.32 Å². The number of hydrogen-bond acceptors (Lipinski definition) is 4. The van der Waals surface area contributed by atoms with Gasteiger partial charge in [0.2, 0.25) is 0 Å². The molecule has 0 fully saturated rings. The van der Waals surface area contributed by atoms with E-state index < -0.39 is 9.84 Å². The molecule has 0 saturated carbocycles. The molecule has 0 aliphatic carbocycles. The van der Waals surface area contributed by atoms with Crippen molar-refractivity contribution < 1.29 is 17.9 Å². The number of carbonyl (C=O) groups excluding carboxylic acids is 1. The van der Waals surface area contributed by atoms with Gasteiger partial charge < -0.3 is 10.1 Å². The van der Waals surface area contributed by atoms with Crippen LogP contribution >= 0.6 is 0 Å². The Morgan fingerprint density at radius 1 is 0.963 bits per heavy atom. The zero-order valence-electron chi connectivity index (χ0n) is 15.2. The number of hydrogen-bond donors (Lipinski definition) is 1. The minimum absolute atomic E-state index is 0.0811. The molecule has 5 nitrogen and oxygen atoms in total. The smallest absolute Gasteiger partial charge is 0.251 e. The van der Waals surface area contributed by atoms with E-state index in [1.807, 2.05) is 36.4 Å². The fourth-order valence-electron chi connectivity index (χ4n) is 2.90. The lowest BCUT2D eigenvalue weighted by atomic mass is 10.1. The van der Waals surface area contributed by atoms with Gasteiger partial charge in [-0.15, -0.1) is 0 Å². The normalized spacial score (nSPS) is 11.3. The maximum Gasteiger partial charge on any atom is 0.251 e. The second-order valence-electron chi connectivity index (χ2n) is 6.50. The van der Waals surface area contributed by atoms with Crippen LogP contribution in [-0.2, 0) is 22.1 Å². The number of benzene rings is 3. The average molecular weight is 383 g/mol. The number of amides is 1. The minimum Gasteiger partial charge on any atom is -0.497 e. The standard InChI is InChI=1S/C21H21NO4S/c1-26-20-9-8-17-10-15(6-7-18(17)12-20)13-22-21(23)19-5-3-4-16(11-19)14-27(2,24)25/h3-12H,13-14H2,1-2H3,(H,22,23).